The predicted octanol–water partition coefficient (Wildman–Crippen LogP) is 4.86. The number of benzene rings is 2. The molecule has 2 aromatic carbocycles. The number of hydrogen-bond acceptors (Lipinski definition) is 3. The third-order valence-electron chi connectivity index (χ3n) is 2.84. The van der Waals surface area contributed by atoms with Crippen molar-refractivity contribution < 1.29 is 9.53 Å². The Balaban J connectivity index is 2.52. The van der Waals surface area contributed by atoms with Gasteiger partial charge in [-0.3, -0.25) is 4.79 Å². The van der Waals surface area contributed by atoms with Crippen LogP contribution in [0.25, 0.3) is 0 Å². The zero-order chi connectivity index (χ0) is 15.6. The standard InChI is InChI=1S/C15H12Cl3NO2/c1-2-21-13-7-10(17)8(6-11(13)18)15(20)14-9(16)4-3-5-12(14)19/h3-7H,2,19H2,1H3. The highest BCUT2D eigenvalue weighted by Crippen LogP contribution is 2.34. The van der Waals surface area contributed by atoms with E-state index in [0.29, 0.717) is 17.4 Å². The van der Waals surface area contributed by atoms with Gasteiger partial charge >= 0.3 is 0 Å². The normalized spacial score (nSPS) is 10.5. The molecule has 21 heavy (non-hydrogen) atoms. The lowest BCUT2D eigenvalue weighted by molar-refractivity contribution is 0.104. The molecule has 0 aliphatic rings. The Kier molecular flexibility index (Phi) is 4.99. The summed E-state index contributed by atoms with van der Waals surface area (Å²) in [7, 11) is 0. The van der Waals surface area contributed by atoms with E-state index in [4.69, 9.17) is 45.3 Å². The van der Waals surface area contributed by atoms with Crippen LogP contribution in [-0.2, 0) is 0 Å². The van der Waals surface area contributed by atoms with Gasteiger partial charge < -0.3 is 10.5 Å². The molecule has 0 aliphatic heterocycles. The van der Waals surface area contributed by atoms with Crippen molar-refractivity contribution in [1.29, 1.82) is 0 Å². The summed E-state index contributed by atoms with van der Waals surface area (Å²) < 4.78 is 5.33. The maximum atomic E-state index is 12.6. The Morgan fingerprint density at radius 1 is 1.14 bits per heavy atom. The molecular formula is C15H12Cl3NO2. The van der Waals surface area contributed by atoms with Crippen molar-refractivity contribution in [3.05, 3.63) is 56.5 Å². The molecule has 0 spiro atoms. The number of nitrogen functional groups attached to an aromatic ring is 1. The number of ketones is 1. The number of anilines is 1. The molecule has 0 unspecified atom stereocenters. The van der Waals surface area contributed by atoms with E-state index in [1.807, 2.05) is 6.92 Å². The zero-order valence-corrected chi connectivity index (χ0v) is 13.4. The Hall–Kier alpha value is -1.42. The van der Waals surface area contributed by atoms with E-state index in [2.05, 4.69) is 0 Å². The summed E-state index contributed by atoms with van der Waals surface area (Å²) in [5.41, 5.74) is 6.54. The molecule has 0 fully saturated rings. The smallest absolute Gasteiger partial charge is 0.198 e. The highest BCUT2D eigenvalue weighted by molar-refractivity contribution is 6.40. The second-order valence-electron chi connectivity index (χ2n) is 4.23. The first-order valence-electron chi connectivity index (χ1n) is 6.16. The van der Waals surface area contributed by atoms with E-state index >= 15 is 0 Å². The monoisotopic (exact) mass is 343 g/mol. The number of hydrogen-bond donors (Lipinski definition) is 1. The maximum absolute atomic E-state index is 12.6. The van der Waals surface area contributed by atoms with Gasteiger partial charge in [0.2, 0.25) is 0 Å². The average Bonchev–Trinajstić information content (AvgIpc) is 2.42. The fourth-order valence-electron chi connectivity index (χ4n) is 1.88. The molecule has 0 aromatic heterocycles. The molecule has 2 aromatic rings. The molecular weight excluding hydrogens is 333 g/mol. The van der Waals surface area contributed by atoms with Crippen LogP contribution in [0.3, 0.4) is 0 Å². The highest BCUT2D eigenvalue weighted by Gasteiger charge is 2.20. The van der Waals surface area contributed by atoms with Gasteiger partial charge in [0, 0.05) is 17.3 Å². The summed E-state index contributed by atoms with van der Waals surface area (Å²) >= 11 is 18.3. The molecule has 2 rings (SSSR count). The average molecular weight is 345 g/mol. The first kappa shape index (κ1) is 16.0. The quantitative estimate of drug-likeness (QED) is 0.636. The van der Waals surface area contributed by atoms with Gasteiger partial charge in [0.05, 0.1) is 27.2 Å². The van der Waals surface area contributed by atoms with Gasteiger partial charge in [0.25, 0.3) is 0 Å². The number of nitrogens with two attached hydrogens (primary N) is 1. The highest BCUT2D eigenvalue weighted by atomic mass is 35.5. The van der Waals surface area contributed by atoms with Gasteiger partial charge in [-0.15, -0.1) is 0 Å². The van der Waals surface area contributed by atoms with Crippen LogP contribution >= 0.6 is 34.8 Å². The number of rotatable bonds is 4. The Morgan fingerprint density at radius 2 is 1.86 bits per heavy atom. The summed E-state index contributed by atoms with van der Waals surface area (Å²) in [6.45, 7) is 2.27. The van der Waals surface area contributed by atoms with Crippen LogP contribution in [0, 0.1) is 0 Å². The second-order valence-corrected chi connectivity index (χ2v) is 5.45. The van der Waals surface area contributed by atoms with Crippen LogP contribution in [0.15, 0.2) is 30.3 Å². The van der Waals surface area contributed by atoms with E-state index in [0.717, 1.165) is 0 Å². The first-order chi connectivity index (χ1) is 9.95. The van der Waals surface area contributed by atoms with Crippen molar-refractivity contribution in [3.63, 3.8) is 0 Å². The fourth-order valence-corrected chi connectivity index (χ4v) is 2.61. The number of halogens is 3. The van der Waals surface area contributed by atoms with Crippen molar-refractivity contribution in [2.75, 3.05) is 12.3 Å². The summed E-state index contributed by atoms with van der Waals surface area (Å²) in [5.74, 6) is 0.0425. The van der Waals surface area contributed by atoms with Crippen LogP contribution in [-0.4, -0.2) is 12.4 Å². The molecule has 6 heteroatoms. The molecule has 0 saturated heterocycles. The molecule has 0 atom stereocenters. The largest absolute Gasteiger partial charge is 0.492 e. The summed E-state index contributed by atoms with van der Waals surface area (Å²) in [5, 5.41) is 0.795. The van der Waals surface area contributed by atoms with Crippen molar-refractivity contribution in [1.82, 2.24) is 0 Å². The van der Waals surface area contributed by atoms with Crippen LogP contribution in [0.4, 0.5) is 5.69 Å². The van der Waals surface area contributed by atoms with Gasteiger partial charge in [-0.1, -0.05) is 40.9 Å². The molecule has 110 valence electrons. The van der Waals surface area contributed by atoms with Crippen LogP contribution < -0.4 is 10.5 Å². The summed E-state index contributed by atoms with van der Waals surface area (Å²) in [4.78, 5) is 12.6. The first-order valence-corrected chi connectivity index (χ1v) is 7.29. The van der Waals surface area contributed by atoms with Crippen molar-refractivity contribution in [2.24, 2.45) is 0 Å². The minimum Gasteiger partial charge on any atom is -0.492 e. The molecule has 0 radical (unpaired) electrons. The lowest BCUT2D eigenvalue weighted by Crippen LogP contribution is -2.07. The lowest BCUT2D eigenvalue weighted by Gasteiger charge is -2.11. The maximum Gasteiger partial charge on any atom is 0.198 e. The third-order valence-corrected chi connectivity index (χ3v) is 3.76. The van der Waals surface area contributed by atoms with Gasteiger partial charge in [0.15, 0.2) is 5.78 Å². The number of carbonyl (C=O) groups is 1. The predicted molar refractivity (Wildman–Crippen MR) is 86.9 cm³/mol. The topological polar surface area (TPSA) is 52.3 Å². The SMILES string of the molecule is CCOc1cc(Cl)c(C(=O)c2c(N)cccc2Cl)cc1Cl. The van der Waals surface area contributed by atoms with Gasteiger partial charge in [-0.25, -0.2) is 0 Å². The van der Waals surface area contributed by atoms with E-state index < -0.39 is 0 Å². The van der Waals surface area contributed by atoms with Crippen molar-refractivity contribution in [2.45, 2.75) is 6.92 Å². The molecule has 3 nitrogen and oxygen atoms in total. The number of ether oxygens (including phenoxy) is 1. The van der Waals surface area contributed by atoms with Crippen LogP contribution in [0.1, 0.15) is 22.8 Å². The summed E-state index contributed by atoms with van der Waals surface area (Å²) in [6.07, 6.45) is 0. The van der Waals surface area contributed by atoms with Gasteiger partial charge in [0.1, 0.15) is 5.75 Å². The molecule has 0 bridgehead atoms. The minimum absolute atomic E-state index is 0.210. The Labute approximate surface area is 137 Å². The molecule has 0 aliphatic carbocycles. The second kappa shape index (κ2) is 6.56. The van der Waals surface area contributed by atoms with Crippen molar-refractivity contribution >= 4 is 46.3 Å². The molecule has 2 N–H and O–H groups in total. The van der Waals surface area contributed by atoms with E-state index in [9.17, 15) is 4.79 Å². The molecule has 0 amide bonds. The van der Waals surface area contributed by atoms with E-state index in [1.54, 1.807) is 18.2 Å². The van der Waals surface area contributed by atoms with Gasteiger partial charge in [-0.05, 0) is 25.1 Å². The van der Waals surface area contributed by atoms with E-state index in [1.165, 1.54) is 12.1 Å². The molecule has 0 saturated carbocycles. The number of carbonyl (C=O) groups excluding carboxylic acids is 1. The third kappa shape index (κ3) is 3.26. The summed E-state index contributed by atoms with van der Waals surface area (Å²) in [6, 6.07) is 7.83. The lowest BCUT2D eigenvalue weighted by atomic mass is 10.0. The van der Waals surface area contributed by atoms with Crippen LogP contribution in [0.5, 0.6) is 5.75 Å². The van der Waals surface area contributed by atoms with Gasteiger partial charge in [-0.2, -0.15) is 0 Å². The van der Waals surface area contributed by atoms with Crippen LogP contribution in [0.2, 0.25) is 15.1 Å². The minimum atomic E-state index is -0.381. The molecule has 0 heterocycles. The Bertz CT molecular complexity index is 681. The van der Waals surface area contributed by atoms with Crippen molar-refractivity contribution in [3.8, 4) is 5.75 Å². The Morgan fingerprint density at radius 3 is 2.48 bits per heavy atom. The zero-order valence-electron chi connectivity index (χ0n) is 11.1. The van der Waals surface area contributed by atoms with E-state index in [-0.39, 0.29) is 32.6 Å². The fraction of sp³-hybridized carbons (Fsp3) is 0.133.